The van der Waals surface area contributed by atoms with E-state index in [-0.39, 0.29) is 5.91 Å². The number of piperidine rings is 1. The third kappa shape index (κ3) is 3.74. The SMILES string of the molecule is CCOCC1CC(N2CCC(N3C(=O)CO[C@H]4CCCC[C@@H]43)CC2)C1. The van der Waals surface area contributed by atoms with Crippen LogP contribution < -0.4 is 0 Å². The van der Waals surface area contributed by atoms with Crippen molar-refractivity contribution in [3.63, 3.8) is 0 Å². The number of carbonyl (C=O) groups is 1. The van der Waals surface area contributed by atoms with Gasteiger partial charge in [-0.05, 0) is 51.4 Å². The molecule has 2 atom stereocenters. The Morgan fingerprint density at radius 1 is 1.08 bits per heavy atom. The van der Waals surface area contributed by atoms with E-state index in [4.69, 9.17) is 9.47 Å². The standard InChI is InChI=1S/C20H34N2O3/c1-2-24-13-15-11-17(12-15)21-9-7-16(8-10-21)22-18-5-3-4-6-19(18)25-14-20(22)23/h15-19H,2-14H2,1H3/t15?,17?,18-,19-/m0/s1. The topological polar surface area (TPSA) is 42.0 Å². The summed E-state index contributed by atoms with van der Waals surface area (Å²) in [5.74, 6) is 1.01. The highest BCUT2D eigenvalue weighted by molar-refractivity contribution is 5.79. The molecule has 0 unspecified atom stereocenters. The van der Waals surface area contributed by atoms with Gasteiger partial charge in [-0.1, -0.05) is 12.8 Å². The molecule has 0 aromatic carbocycles. The zero-order chi connectivity index (χ0) is 17.2. The molecule has 142 valence electrons. The molecule has 4 aliphatic rings. The first kappa shape index (κ1) is 17.7. The molecule has 0 bridgehead atoms. The number of hydrogen-bond donors (Lipinski definition) is 0. The van der Waals surface area contributed by atoms with Gasteiger partial charge < -0.3 is 19.3 Å². The second-order valence-electron chi connectivity index (χ2n) is 8.42. The Morgan fingerprint density at radius 3 is 2.60 bits per heavy atom. The molecule has 2 aliphatic heterocycles. The number of nitrogens with zero attached hydrogens (tertiary/aromatic N) is 2. The number of hydrogen-bond acceptors (Lipinski definition) is 4. The highest BCUT2D eigenvalue weighted by Gasteiger charge is 2.43. The van der Waals surface area contributed by atoms with Crippen molar-refractivity contribution >= 4 is 5.91 Å². The van der Waals surface area contributed by atoms with Crippen molar-refractivity contribution < 1.29 is 14.3 Å². The Hall–Kier alpha value is -0.650. The fraction of sp³-hybridized carbons (Fsp3) is 0.950. The van der Waals surface area contributed by atoms with Gasteiger partial charge in [0, 0.05) is 38.4 Å². The average Bonchev–Trinajstić information content (AvgIpc) is 2.61. The highest BCUT2D eigenvalue weighted by atomic mass is 16.5. The predicted molar refractivity (Wildman–Crippen MR) is 96.4 cm³/mol. The maximum Gasteiger partial charge on any atom is 0.249 e. The summed E-state index contributed by atoms with van der Waals surface area (Å²) < 4.78 is 11.4. The summed E-state index contributed by atoms with van der Waals surface area (Å²) in [7, 11) is 0. The van der Waals surface area contributed by atoms with Gasteiger partial charge in [0.2, 0.25) is 5.91 Å². The Bertz CT molecular complexity index is 458. The van der Waals surface area contributed by atoms with Crippen LogP contribution in [0.1, 0.15) is 58.3 Å². The molecular weight excluding hydrogens is 316 g/mol. The Balaban J connectivity index is 1.27. The van der Waals surface area contributed by atoms with E-state index in [1.807, 2.05) is 0 Å². The molecule has 5 nitrogen and oxygen atoms in total. The zero-order valence-electron chi connectivity index (χ0n) is 15.7. The molecule has 2 saturated carbocycles. The molecule has 2 aliphatic carbocycles. The number of ether oxygens (including phenoxy) is 2. The van der Waals surface area contributed by atoms with Crippen molar-refractivity contribution in [2.24, 2.45) is 5.92 Å². The third-order valence-electron chi connectivity index (χ3n) is 6.91. The minimum Gasteiger partial charge on any atom is -0.381 e. The van der Waals surface area contributed by atoms with Crippen molar-refractivity contribution in [2.75, 3.05) is 32.9 Å². The second-order valence-corrected chi connectivity index (χ2v) is 8.42. The van der Waals surface area contributed by atoms with Crippen LogP contribution in [0.2, 0.25) is 0 Å². The normalized spacial score (nSPS) is 37.6. The van der Waals surface area contributed by atoms with Crippen molar-refractivity contribution in [2.45, 2.75) is 82.5 Å². The van der Waals surface area contributed by atoms with Crippen molar-refractivity contribution in [3.05, 3.63) is 0 Å². The molecule has 4 fully saturated rings. The number of carbonyl (C=O) groups excluding carboxylic acids is 1. The number of fused-ring (bicyclic) bond motifs is 1. The van der Waals surface area contributed by atoms with E-state index in [2.05, 4.69) is 16.7 Å². The van der Waals surface area contributed by atoms with Crippen LogP contribution in [0.25, 0.3) is 0 Å². The van der Waals surface area contributed by atoms with Gasteiger partial charge in [0.15, 0.2) is 0 Å². The summed E-state index contributed by atoms with van der Waals surface area (Å²) in [5, 5.41) is 0. The van der Waals surface area contributed by atoms with Crippen LogP contribution in [0, 0.1) is 5.92 Å². The molecule has 0 aromatic heterocycles. The van der Waals surface area contributed by atoms with Gasteiger partial charge in [-0.2, -0.15) is 0 Å². The van der Waals surface area contributed by atoms with Crippen LogP contribution in [0.15, 0.2) is 0 Å². The van der Waals surface area contributed by atoms with Gasteiger partial charge in [-0.15, -0.1) is 0 Å². The van der Waals surface area contributed by atoms with Gasteiger partial charge >= 0.3 is 0 Å². The maximum atomic E-state index is 12.5. The third-order valence-corrected chi connectivity index (χ3v) is 6.91. The van der Waals surface area contributed by atoms with Crippen LogP contribution in [0.3, 0.4) is 0 Å². The molecule has 2 heterocycles. The van der Waals surface area contributed by atoms with E-state index in [9.17, 15) is 4.79 Å². The fourth-order valence-electron chi connectivity index (χ4n) is 5.45. The minimum absolute atomic E-state index is 0.238. The quantitative estimate of drug-likeness (QED) is 0.764. The van der Waals surface area contributed by atoms with E-state index < -0.39 is 0 Å². The number of rotatable bonds is 5. The summed E-state index contributed by atoms with van der Waals surface area (Å²) in [4.78, 5) is 17.5. The van der Waals surface area contributed by atoms with Crippen LogP contribution in [0.5, 0.6) is 0 Å². The van der Waals surface area contributed by atoms with Gasteiger partial charge in [0.25, 0.3) is 0 Å². The number of morpholine rings is 1. The molecule has 1 amide bonds. The average molecular weight is 351 g/mol. The Kier molecular flexibility index (Phi) is 5.63. The highest BCUT2D eigenvalue weighted by Crippen LogP contribution is 2.36. The molecule has 0 aromatic rings. The van der Waals surface area contributed by atoms with E-state index in [0.29, 0.717) is 24.8 Å². The van der Waals surface area contributed by atoms with E-state index in [1.165, 1.54) is 25.7 Å². The lowest BCUT2D eigenvalue weighted by Gasteiger charge is -2.51. The lowest BCUT2D eigenvalue weighted by Crippen LogP contribution is -2.61. The predicted octanol–water partition coefficient (Wildman–Crippen LogP) is 2.44. The molecule has 5 heteroatoms. The van der Waals surface area contributed by atoms with Crippen molar-refractivity contribution in [3.8, 4) is 0 Å². The first-order valence-electron chi connectivity index (χ1n) is 10.5. The van der Waals surface area contributed by atoms with E-state index >= 15 is 0 Å². The van der Waals surface area contributed by atoms with Gasteiger partial charge in [-0.25, -0.2) is 0 Å². The van der Waals surface area contributed by atoms with Gasteiger partial charge in [0.05, 0.1) is 12.1 Å². The first-order valence-corrected chi connectivity index (χ1v) is 10.5. The lowest BCUT2D eigenvalue weighted by atomic mass is 9.79. The lowest BCUT2D eigenvalue weighted by molar-refractivity contribution is -0.167. The second kappa shape index (κ2) is 7.93. The molecule has 4 rings (SSSR count). The summed E-state index contributed by atoms with van der Waals surface area (Å²) >= 11 is 0. The first-order chi connectivity index (χ1) is 12.3. The summed E-state index contributed by atoms with van der Waals surface area (Å²) in [6.07, 6.45) is 9.95. The largest absolute Gasteiger partial charge is 0.381 e. The van der Waals surface area contributed by atoms with Crippen molar-refractivity contribution in [1.82, 2.24) is 9.80 Å². The molecule has 0 N–H and O–H groups in total. The van der Waals surface area contributed by atoms with Crippen LogP contribution >= 0.6 is 0 Å². The Labute approximate surface area is 152 Å². The number of amides is 1. The summed E-state index contributed by atoms with van der Waals surface area (Å²) in [6, 6.07) is 1.55. The molecule has 0 radical (unpaired) electrons. The van der Waals surface area contributed by atoms with Crippen molar-refractivity contribution in [1.29, 1.82) is 0 Å². The Morgan fingerprint density at radius 2 is 1.84 bits per heavy atom. The fourth-order valence-corrected chi connectivity index (χ4v) is 5.45. The molecular formula is C20H34N2O3. The van der Waals surface area contributed by atoms with E-state index in [0.717, 1.165) is 63.9 Å². The molecule has 2 saturated heterocycles. The maximum absolute atomic E-state index is 12.5. The summed E-state index contributed by atoms with van der Waals surface area (Å²) in [6.45, 7) is 6.46. The number of likely N-dealkylation sites (tertiary alicyclic amines) is 1. The monoisotopic (exact) mass is 350 g/mol. The zero-order valence-corrected chi connectivity index (χ0v) is 15.7. The van der Waals surface area contributed by atoms with Crippen LogP contribution in [-0.4, -0.2) is 72.8 Å². The minimum atomic E-state index is 0.238. The smallest absolute Gasteiger partial charge is 0.249 e. The molecule has 25 heavy (non-hydrogen) atoms. The van der Waals surface area contributed by atoms with Crippen LogP contribution in [-0.2, 0) is 14.3 Å². The molecule has 0 spiro atoms. The van der Waals surface area contributed by atoms with E-state index in [1.54, 1.807) is 0 Å². The van der Waals surface area contributed by atoms with Crippen LogP contribution in [0.4, 0.5) is 0 Å². The van der Waals surface area contributed by atoms with Gasteiger partial charge in [0.1, 0.15) is 6.61 Å². The summed E-state index contributed by atoms with van der Waals surface area (Å²) in [5.41, 5.74) is 0. The van der Waals surface area contributed by atoms with Gasteiger partial charge in [-0.3, -0.25) is 4.79 Å².